The van der Waals surface area contributed by atoms with Gasteiger partial charge in [-0.3, -0.25) is 4.79 Å². The van der Waals surface area contributed by atoms with Crippen LogP contribution < -0.4 is 5.32 Å². The van der Waals surface area contributed by atoms with Crippen LogP contribution in [0.1, 0.15) is 129 Å². The molecule has 0 fully saturated rings. The van der Waals surface area contributed by atoms with E-state index in [-0.39, 0.29) is 12.5 Å². The van der Waals surface area contributed by atoms with Gasteiger partial charge in [-0.05, 0) is 51.4 Å². The summed E-state index contributed by atoms with van der Waals surface area (Å²) in [5.74, 6) is -0.152. The molecule has 0 aromatic carbocycles. The van der Waals surface area contributed by atoms with Crippen molar-refractivity contribution in [3.63, 3.8) is 0 Å². The van der Waals surface area contributed by atoms with Crippen molar-refractivity contribution in [1.29, 1.82) is 0 Å². The van der Waals surface area contributed by atoms with Crippen LogP contribution in [0.4, 0.5) is 0 Å². The van der Waals surface area contributed by atoms with Crippen molar-refractivity contribution < 1.29 is 20.1 Å². The zero-order chi connectivity index (χ0) is 30.9. The van der Waals surface area contributed by atoms with E-state index in [4.69, 9.17) is 0 Å². The third kappa shape index (κ3) is 27.9. The summed E-state index contributed by atoms with van der Waals surface area (Å²) in [6.45, 7) is 4.07. The third-order valence-corrected chi connectivity index (χ3v) is 7.03. The van der Waals surface area contributed by atoms with E-state index < -0.39 is 18.2 Å². The molecule has 0 aromatic rings. The number of allylic oxidation sites excluding steroid dienone is 9. The van der Waals surface area contributed by atoms with Crippen LogP contribution in [0.2, 0.25) is 0 Å². The van der Waals surface area contributed by atoms with E-state index in [0.29, 0.717) is 19.3 Å². The summed E-state index contributed by atoms with van der Waals surface area (Å²) < 4.78 is 0. The van der Waals surface area contributed by atoms with E-state index in [1.807, 2.05) is 30.4 Å². The fourth-order valence-electron chi connectivity index (χ4n) is 4.41. The minimum atomic E-state index is -0.881. The first-order chi connectivity index (χ1) is 20.5. The maximum Gasteiger partial charge on any atom is 0.220 e. The Morgan fingerprint density at radius 1 is 0.667 bits per heavy atom. The smallest absolute Gasteiger partial charge is 0.220 e. The molecule has 4 N–H and O–H groups in total. The molecule has 42 heavy (non-hydrogen) atoms. The summed E-state index contributed by atoms with van der Waals surface area (Å²) >= 11 is 0. The van der Waals surface area contributed by atoms with Crippen LogP contribution in [0, 0.1) is 0 Å². The molecule has 0 aliphatic carbocycles. The summed E-state index contributed by atoms with van der Waals surface area (Å²) in [5.41, 5.74) is 0. The Labute approximate surface area is 258 Å². The number of nitrogens with one attached hydrogen (secondary N) is 1. The predicted octanol–water partition coefficient (Wildman–Crippen LogP) is 8.58. The van der Waals surface area contributed by atoms with Gasteiger partial charge in [0.2, 0.25) is 5.91 Å². The lowest BCUT2D eigenvalue weighted by atomic mass is 10.1. The van der Waals surface area contributed by atoms with Crippen molar-refractivity contribution >= 4 is 5.91 Å². The van der Waals surface area contributed by atoms with Gasteiger partial charge in [-0.2, -0.15) is 0 Å². The molecule has 0 aromatic heterocycles. The molecule has 0 heterocycles. The molecule has 3 atom stereocenters. The minimum Gasteiger partial charge on any atom is -0.394 e. The quantitative estimate of drug-likeness (QED) is 0.0420. The highest BCUT2D eigenvalue weighted by molar-refractivity contribution is 5.76. The number of carbonyl (C=O) groups excluding carboxylic acids is 1. The molecule has 0 rings (SSSR count). The molecular formula is C37H63NO4. The second-order valence-electron chi connectivity index (χ2n) is 11.0. The van der Waals surface area contributed by atoms with Gasteiger partial charge in [-0.25, -0.2) is 0 Å². The molecule has 5 nitrogen and oxygen atoms in total. The Kier molecular flexibility index (Phi) is 30.1. The lowest BCUT2D eigenvalue weighted by Crippen LogP contribution is -2.45. The SMILES string of the molecule is CC/C=C\C/C=C\CC(O)/C=C/C=C\C/C=C\CCCC(=O)N[C@@H](CO)[C@H](O)/C=C/CCCCCCCCCCCC. The van der Waals surface area contributed by atoms with Crippen LogP contribution in [0.5, 0.6) is 0 Å². The highest BCUT2D eigenvalue weighted by Gasteiger charge is 2.17. The topological polar surface area (TPSA) is 89.8 Å². The van der Waals surface area contributed by atoms with Crippen LogP contribution in [-0.4, -0.2) is 46.1 Å². The number of hydrogen-bond acceptors (Lipinski definition) is 4. The molecule has 1 amide bonds. The average Bonchev–Trinajstić information content (AvgIpc) is 2.99. The van der Waals surface area contributed by atoms with E-state index in [1.165, 1.54) is 57.8 Å². The largest absolute Gasteiger partial charge is 0.394 e. The van der Waals surface area contributed by atoms with Crippen LogP contribution in [-0.2, 0) is 4.79 Å². The van der Waals surface area contributed by atoms with E-state index >= 15 is 0 Å². The van der Waals surface area contributed by atoms with E-state index in [2.05, 4.69) is 49.5 Å². The molecule has 0 bridgehead atoms. The Balaban J connectivity index is 3.91. The van der Waals surface area contributed by atoms with Gasteiger partial charge in [0, 0.05) is 6.42 Å². The minimum absolute atomic E-state index is 0.152. The maximum atomic E-state index is 12.3. The molecule has 0 spiro atoms. The average molecular weight is 586 g/mol. The number of aliphatic hydroxyl groups excluding tert-OH is 3. The van der Waals surface area contributed by atoms with Crippen molar-refractivity contribution in [2.45, 2.75) is 148 Å². The maximum absolute atomic E-state index is 12.3. The number of carbonyl (C=O) groups is 1. The lowest BCUT2D eigenvalue weighted by molar-refractivity contribution is -0.122. The lowest BCUT2D eigenvalue weighted by Gasteiger charge is -2.19. The standard InChI is InChI=1S/C37H63NO4/c1-3-5-7-9-11-12-13-14-15-19-23-27-31-36(41)35(33-39)38-37(42)32-28-24-20-17-16-18-22-26-30-34(40)29-25-21-10-8-6-4-2/h6,8,17-18,20-22,25-27,30-31,34-36,39-41H,3-5,7,9-16,19,23-24,28-29,32-33H2,1-2H3,(H,38,42)/b8-6-,20-17-,22-18-,25-21-,30-26+,31-27+/t34?,35-,36+/m0/s1. The van der Waals surface area contributed by atoms with Crippen molar-refractivity contribution in [3.05, 3.63) is 72.9 Å². The fourth-order valence-corrected chi connectivity index (χ4v) is 4.41. The zero-order valence-corrected chi connectivity index (χ0v) is 26.8. The number of aliphatic hydroxyl groups is 3. The van der Waals surface area contributed by atoms with Crippen molar-refractivity contribution in [1.82, 2.24) is 5.32 Å². The first-order valence-electron chi connectivity index (χ1n) is 16.8. The Morgan fingerprint density at radius 2 is 1.29 bits per heavy atom. The second kappa shape index (κ2) is 31.7. The van der Waals surface area contributed by atoms with Crippen LogP contribution in [0.15, 0.2) is 72.9 Å². The van der Waals surface area contributed by atoms with Gasteiger partial charge in [0.05, 0.1) is 24.9 Å². The number of rotatable bonds is 28. The highest BCUT2D eigenvalue weighted by Crippen LogP contribution is 2.12. The van der Waals surface area contributed by atoms with Gasteiger partial charge in [-0.15, -0.1) is 0 Å². The molecule has 0 saturated heterocycles. The molecule has 5 heteroatoms. The summed E-state index contributed by atoms with van der Waals surface area (Å²) in [7, 11) is 0. The first kappa shape index (κ1) is 39.8. The van der Waals surface area contributed by atoms with Crippen molar-refractivity contribution in [2.75, 3.05) is 6.61 Å². The Bertz CT molecular complexity index is 781. The van der Waals surface area contributed by atoms with Gasteiger partial charge in [0.25, 0.3) is 0 Å². The first-order valence-corrected chi connectivity index (χ1v) is 16.8. The number of amides is 1. The van der Waals surface area contributed by atoms with Crippen LogP contribution >= 0.6 is 0 Å². The van der Waals surface area contributed by atoms with E-state index in [1.54, 1.807) is 12.2 Å². The van der Waals surface area contributed by atoms with E-state index in [0.717, 1.165) is 38.5 Å². The molecule has 0 saturated carbocycles. The number of hydrogen-bond donors (Lipinski definition) is 4. The van der Waals surface area contributed by atoms with Crippen LogP contribution in [0.3, 0.4) is 0 Å². The Morgan fingerprint density at radius 3 is 1.98 bits per heavy atom. The molecule has 0 aliphatic heterocycles. The molecule has 0 radical (unpaired) electrons. The van der Waals surface area contributed by atoms with Crippen molar-refractivity contribution in [2.24, 2.45) is 0 Å². The van der Waals surface area contributed by atoms with E-state index in [9.17, 15) is 20.1 Å². The van der Waals surface area contributed by atoms with Gasteiger partial charge in [0.1, 0.15) is 0 Å². The highest BCUT2D eigenvalue weighted by atomic mass is 16.3. The summed E-state index contributed by atoms with van der Waals surface area (Å²) in [4.78, 5) is 12.3. The predicted molar refractivity (Wildman–Crippen MR) is 180 cm³/mol. The third-order valence-electron chi connectivity index (χ3n) is 7.03. The molecular weight excluding hydrogens is 522 g/mol. The number of unbranched alkanes of at least 4 members (excludes halogenated alkanes) is 11. The normalized spacial score (nSPS) is 14.9. The van der Waals surface area contributed by atoms with Gasteiger partial charge in [-0.1, -0.05) is 145 Å². The van der Waals surface area contributed by atoms with Gasteiger partial charge >= 0.3 is 0 Å². The fraction of sp³-hybridized carbons (Fsp3) is 0.649. The van der Waals surface area contributed by atoms with Gasteiger partial charge < -0.3 is 20.6 Å². The van der Waals surface area contributed by atoms with Crippen molar-refractivity contribution in [3.8, 4) is 0 Å². The second-order valence-corrected chi connectivity index (χ2v) is 11.0. The summed E-state index contributed by atoms with van der Waals surface area (Å²) in [6, 6.07) is -0.673. The summed E-state index contributed by atoms with van der Waals surface area (Å²) in [6.07, 6.45) is 41.5. The van der Waals surface area contributed by atoms with Crippen LogP contribution in [0.25, 0.3) is 0 Å². The Hall–Kier alpha value is -2.21. The zero-order valence-electron chi connectivity index (χ0n) is 26.8. The molecule has 240 valence electrons. The molecule has 0 aliphatic rings. The van der Waals surface area contributed by atoms with Gasteiger partial charge in [0.15, 0.2) is 0 Å². The summed E-state index contributed by atoms with van der Waals surface area (Å²) in [5, 5.41) is 32.7. The monoisotopic (exact) mass is 585 g/mol. The molecule has 1 unspecified atom stereocenters.